The summed E-state index contributed by atoms with van der Waals surface area (Å²) in [7, 11) is -5.05. The second-order valence-electron chi connectivity index (χ2n) is 6.18. The average Bonchev–Trinajstić information content (AvgIpc) is 2.61. The summed E-state index contributed by atoms with van der Waals surface area (Å²) in [6.07, 6.45) is -15.4. The Kier molecular flexibility index (Phi) is 6.87. The Bertz CT molecular complexity index is 1250. The molecule has 1 aromatic carbocycles. The number of halogens is 10. The van der Waals surface area contributed by atoms with E-state index in [1.165, 1.54) is 4.72 Å². The van der Waals surface area contributed by atoms with Gasteiger partial charge in [-0.2, -0.15) is 39.5 Å². The molecule has 33 heavy (non-hydrogen) atoms. The lowest BCUT2D eigenvalue weighted by Gasteiger charge is -2.17. The minimum Gasteiger partial charge on any atom is -0.267 e. The molecular formula is C16H9ClF9N3O3S. The van der Waals surface area contributed by atoms with Crippen molar-refractivity contribution in [3.05, 3.63) is 62.5 Å². The fourth-order valence-electron chi connectivity index (χ4n) is 2.46. The third kappa shape index (κ3) is 5.98. The number of alkyl halides is 9. The zero-order valence-electron chi connectivity index (χ0n) is 15.5. The van der Waals surface area contributed by atoms with E-state index in [0.29, 0.717) is 6.20 Å². The lowest BCUT2D eigenvalue weighted by molar-refractivity contribution is -0.143. The van der Waals surface area contributed by atoms with Crippen LogP contribution in [-0.4, -0.2) is 18.0 Å². The maximum absolute atomic E-state index is 13.2. The minimum absolute atomic E-state index is 0.145. The molecule has 0 bridgehead atoms. The van der Waals surface area contributed by atoms with Gasteiger partial charge in [-0.3, -0.25) is 14.1 Å². The van der Waals surface area contributed by atoms with E-state index in [1.54, 1.807) is 0 Å². The summed E-state index contributed by atoms with van der Waals surface area (Å²) in [5.74, 6) is -2.94. The van der Waals surface area contributed by atoms with Crippen LogP contribution in [0.2, 0.25) is 5.02 Å². The summed E-state index contributed by atoms with van der Waals surface area (Å²) in [5, 5.41) is -1.44. The molecule has 1 N–H and O–H groups in total. The first-order valence-corrected chi connectivity index (χ1v) is 10.1. The van der Waals surface area contributed by atoms with Crippen molar-refractivity contribution >= 4 is 33.8 Å². The molecular weight excluding hydrogens is 521 g/mol. The van der Waals surface area contributed by atoms with Crippen molar-refractivity contribution in [1.29, 1.82) is 0 Å². The van der Waals surface area contributed by atoms with E-state index in [1.807, 2.05) is 0 Å². The molecule has 0 radical (unpaired) electrons. The summed E-state index contributed by atoms with van der Waals surface area (Å²) in [5.41, 5.74) is -8.39. The Hall–Kier alpha value is -2.75. The number of hydrogen-bond acceptors (Lipinski definition) is 4. The maximum Gasteiger partial charge on any atom is 0.435 e. The number of aromatic nitrogens is 2. The SMILES string of the molecule is C=Cn1c(NS(=O)(=O)Cc2ccc(C(F)(F)F)cc2C(F)(F)F)nc(C(F)(F)F)c(Cl)c1=O. The van der Waals surface area contributed by atoms with Crippen molar-refractivity contribution in [3.8, 4) is 0 Å². The first-order chi connectivity index (χ1) is 14.8. The van der Waals surface area contributed by atoms with Gasteiger partial charge in [0.1, 0.15) is 5.02 Å². The van der Waals surface area contributed by atoms with Gasteiger partial charge in [0.25, 0.3) is 5.56 Å². The van der Waals surface area contributed by atoms with Crippen LogP contribution in [0.5, 0.6) is 0 Å². The Labute approximate surface area is 183 Å². The Balaban J connectivity index is 2.58. The van der Waals surface area contributed by atoms with Crippen LogP contribution in [0.25, 0.3) is 6.20 Å². The molecule has 2 aromatic rings. The smallest absolute Gasteiger partial charge is 0.267 e. The van der Waals surface area contributed by atoms with Gasteiger partial charge in [-0.05, 0) is 17.7 Å². The van der Waals surface area contributed by atoms with Crippen LogP contribution in [-0.2, 0) is 34.3 Å². The molecule has 0 amide bonds. The van der Waals surface area contributed by atoms with Crippen LogP contribution >= 0.6 is 11.6 Å². The van der Waals surface area contributed by atoms with Gasteiger partial charge < -0.3 is 0 Å². The minimum atomic E-state index is -5.41. The lowest BCUT2D eigenvalue weighted by Crippen LogP contribution is -2.29. The molecule has 2 rings (SSSR count). The summed E-state index contributed by atoms with van der Waals surface area (Å²) in [4.78, 5) is 14.9. The molecule has 6 nitrogen and oxygen atoms in total. The van der Waals surface area contributed by atoms with E-state index in [4.69, 9.17) is 11.6 Å². The van der Waals surface area contributed by atoms with Crippen molar-refractivity contribution < 1.29 is 47.9 Å². The fraction of sp³-hybridized carbons (Fsp3) is 0.250. The van der Waals surface area contributed by atoms with Crippen molar-refractivity contribution in [2.45, 2.75) is 24.3 Å². The average molecular weight is 530 g/mol. The summed E-state index contributed by atoms with van der Waals surface area (Å²) in [6, 6.07) is 0.136. The summed E-state index contributed by atoms with van der Waals surface area (Å²) in [6.45, 7) is 3.07. The second-order valence-corrected chi connectivity index (χ2v) is 8.28. The number of hydrogen-bond donors (Lipinski definition) is 1. The van der Waals surface area contributed by atoms with E-state index in [2.05, 4.69) is 11.6 Å². The van der Waals surface area contributed by atoms with Gasteiger partial charge in [-0.1, -0.05) is 24.2 Å². The van der Waals surface area contributed by atoms with Gasteiger partial charge in [-0.25, -0.2) is 13.4 Å². The van der Waals surface area contributed by atoms with Crippen LogP contribution in [0.15, 0.2) is 29.6 Å². The van der Waals surface area contributed by atoms with Gasteiger partial charge in [0.2, 0.25) is 16.0 Å². The predicted octanol–water partition coefficient (Wildman–Crippen LogP) is 5.00. The number of nitrogens with zero attached hydrogens (tertiary/aromatic N) is 2. The van der Waals surface area contributed by atoms with E-state index < -0.39 is 73.2 Å². The quantitative estimate of drug-likeness (QED) is 0.553. The predicted molar refractivity (Wildman–Crippen MR) is 97.6 cm³/mol. The van der Waals surface area contributed by atoms with E-state index in [-0.39, 0.29) is 22.8 Å². The standard InChI is InChI=1S/C16H9ClF9N3O3S/c1-2-29-12(30)10(17)11(16(24,25)26)27-13(29)28-33(31,32)6-7-3-4-8(14(18,19)20)5-9(7)15(21,22)23/h2-5H,1,6H2,(H,27,28). The number of nitrogens with one attached hydrogen (secondary N) is 1. The van der Waals surface area contributed by atoms with Gasteiger partial charge in [-0.15, -0.1) is 0 Å². The van der Waals surface area contributed by atoms with Crippen LogP contribution < -0.4 is 10.3 Å². The topological polar surface area (TPSA) is 81.1 Å². The highest BCUT2D eigenvalue weighted by Crippen LogP contribution is 2.38. The molecule has 1 heterocycles. The van der Waals surface area contributed by atoms with E-state index >= 15 is 0 Å². The molecule has 182 valence electrons. The number of sulfonamides is 1. The Morgan fingerprint density at radius 3 is 2.06 bits per heavy atom. The second kappa shape index (κ2) is 8.55. The van der Waals surface area contributed by atoms with Crippen molar-refractivity contribution in [3.63, 3.8) is 0 Å². The highest BCUT2D eigenvalue weighted by atomic mass is 35.5. The van der Waals surface area contributed by atoms with Crippen LogP contribution in [0.4, 0.5) is 45.5 Å². The summed E-state index contributed by atoms with van der Waals surface area (Å²) >= 11 is 5.30. The summed E-state index contributed by atoms with van der Waals surface area (Å²) < 4.78 is 143. The maximum atomic E-state index is 13.2. The van der Waals surface area contributed by atoms with Gasteiger partial charge in [0.05, 0.1) is 16.9 Å². The lowest BCUT2D eigenvalue weighted by atomic mass is 10.0. The molecule has 0 aliphatic carbocycles. The molecule has 0 fully saturated rings. The molecule has 0 unspecified atom stereocenters. The van der Waals surface area contributed by atoms with E-state index in [0.717, 1.165) is 0 Å². The molecule has 17 heteroatoms. The number of anilines is 1. The van der Waals surface area contributed by atoms with Gasteiger partial charge in [0.15, 0.2) is 5.69 Å². The molecule has 0 saturated heterocycles. The molecule has 1 aromatic heterocycles. The normalized spacial score (nSPS) is 13.2. The molecule has 0 spiro atoms. The third-order valence-corrected chi connectivity index (χ3v) is 5.37. The van der Waals surface area contributed by atoms with Crippen LogP contribution in [0.3, 0.4) is 0 Å². The van der Waals surface area contributed by atoms with Crippen LogP contribution in [0, 0.1) is 0 Å². The largest absolute Gasteiger partial charge is 0.435 e. The first-order valence-electron chi connectivity index (χ1n) is 8.07. The Morgan fingerprint density at radius 2 is 1.61 bits per heavy atom. The zero-order chi connectivity index (χ0) is 25.6. The monoisotopic (exact) mass is 529 g/mol. The highest BCUT2D eigenvalue weighted by molar-refractivity contribution is 7.91. The Morgan fingerprint density at radius 1 is 1.03 bits per heavy atom. The zero-order valence-corrected chi connectivity index (χ0v) is 17.1. The molecule has 0 aliphatic rings. The van der Waals surface area contributed by atoms with Crippen molar-refractivity contribution in [1.82, 2.24) is 9.55 Å². The van der Waals surface area contributed by atoms with Crippen LogP contribution in [0.1, 0.15) is 22.4 Å². The van der Waals surface area contributed by atoms with E-state index in [9.17, 15) is 52.7 Å². The van der Waals surface area contributed by atoms with Gasteiger partial charge >= 0.3 is 18.5 Å². The fourth-order valence-corrected chi connectivity index (χ4v) is 3.86. The van der Waals surface area contributed by atoms with Crippen molar-refractivity contribution in [2.24, 2.45) is 0 Å². The van der Waals surface area contributed by atoms with Crippen molar-refractivity contribution in [2.75, 3.05) is 4.72 Å². The molecule has 0 saturated carbocycles. The highest BCUT2D eigenvalue weighted by Gasteiger charge is 2.40. The third-order valence-electron chi connectivity index (χ3n) is 3.85. The number of benzene rings is 1. The molecule has 0 atom stereocenters. The first kappa shape index (κ1) is 26.5. The van der Waals surface area contributed by atoms with Gasteiger partial charge in [0, 0.05) is 6.20 Å². The number of rotatable bonds is 5. The molecule has 0 aliphatic heterocycles.